The van der Waals surface area contributed by atoms with Crippen molar-refractivity contribution in [1.82, 2.24) is 0 Å². The maximum absolute atomic E-state index is 10.7. The minimum absolute atomic E-state index is 0.0579. The molecule has 0 aliphatic rings. The molecule has 3 heteroatoms. The first-order valence-electron chi connectivity index (χ1n) is 3.13. The minimum Gasteiger partial charge on any atom is -0.516 e. The quantitative estimate of drug-likeness (QED) is 0.552. The first kappa shape index (κ1) is 8.69. The first-order valence-corrected chi connectivity index (χ1v) is 3.54. The van der Waals surface area contributed by atoms with Gasteiger partial charge in [-0.25, -0.2) is 0 Å². The van der Waals surface area contributed by atoms with E-state index in [0.29, 0.717) is 0 Å². The van der Waals surface area contributed by atoms with E-state index in [4.69, 9.17) is 0 Å². The fourth-order valence-electron chi connectivity index (χ4n) is 0.705. The lowest BCUT2D eigenvalue weighted by Crippen LogP contribution is -2.14. The summed E-state index contributed by atoms with van der Waals surface area (Å²) in [5.41, 5.74) is 0. The van der Waals surface area contributed by atoms with E-state index >= 15 is 0 Å². The molecule has 0 N–H and O–H groups in total. The minimum atomic E-state index is -0.170. The molecule has 0 bridgehead atoms. The van der Waals surface area contributed by atoms with Crippen LogP contribution >= 0.6 is 0 Å². The summed E-state index contributed by atoms with van der Waals surface area (Å²) in [6.45, 7) is 3.94. The molecule has 0 aliphatic carbocycles. The number of rotatable bonds is 3. The predicted molar refractivity (Wildman–Crippen MR) is 35.9 cm³/mol. The van der Waals surface area contributed by atoms with Crippen LogP contribution < -0.4 is 0 Å². The normalized spacial score (nSPS) is 9.78. The zero-order chi connectivity index (χ0) is 7.28. The van der Waals surface area contributed by atoms with Gasteiger partial charge in [0.1, 0.15) is 0 Å². The van der Waals surface area contributed by atoms with Crippen molar-refractivity contribution in [2.24, 2.45) is 5.92 Å². The molecular weight excluding hydrogens is 132 g/mol. The van der Waals surface area contributed by atoms with E-state index in [0.717, 1.165) is 12.8 Å². The highest BCUT2D eigenvalue weighted by Crippen LogP contribution is 2.07. The summed E-state index contributed by atoms with van der Waals surface area (Å²) in [6, 6.07) is 0. The van der Waals surface area contributed by atoms with Gasteiger partial charge in [-0.15, -0.1) is 0 Å². The highest BCUT2D eigenvalue weighted by atomic mass is 28.2. The second-order valence-electron chi connectivity index (χ2n) is 1.93. The van der Waals surface area contributed by atoms with Crippen molar-refractivity contribution in [3.63, 3.8) is 0 Å². The molecule has 2 nitrogen and oxygen atoms in total. The molecule has 3 radical (unpaired) electrons. The average Bonchev–Trinajstić information content (AvgIpc) is 1.90. The maximum Gasteiger partial charge on any atom is 0.345 e. The zero-order valence-electron chi connectivity index (χ0n) is 5.81. The molecule has 0 rings (SSSR count). The van der Waals surface area contributed by atoms with Crippen LogP contribution in [0.5, 0.6) is 0 Å². The van der Waals surface area contributed by atoms with Crippen LogP contribution in [-0.2, 0) is 9.22 Å². The second kappa shape index (κ2) is 4.55. The van der Waals surface area contributed by atoms with Crippen molar-refractivity contribution >= 4 is 16.5 Å². The number of hydrogen-bond acceptors (Lipinski definition) is 2. The van der Waals surface area contributed by atoms with Crippen LogP contribution in [0.2, 0.25) is 0 Å². The molecule has 0 heterocycles. The molecule has 0 atom stereocenters. The summed E-state index contributed by atoms with van der Waals surface area (Å²) in [5, 5.41) is 0. The lowest BCUT2D eigenvalue weighted by Gasteiger charge is -2.07. The molecule has 9 heavy (non-hydrogen) atoms. The molecule has 0 aromatic rings. The van der Waals surface area contributed by atoms with Crippen molar-refractivity contribution in [3.05, 3.63) is 0 Å². The van der Waals surface area contributed by atoms with Gasteiger partial charge in [-0.1, -0.05) is 13.8 Å². The Labute approximate surface area is 59.1 Å². The van der Waals surface area contributed by atoms with E-state index in [1.165, 1.54) is 0 Å². The van der Waals surface area contributed by atoms with E-state index in [2.05, 4.69) is 14.9 Å². The number of carbonyl (C=O) groups is 1. The van der Waals surface area contributed by atoms with Crippen LogP contribution in [0.4, 0.5) is 0 Å². The number of hydrogen-bond donors (Lipinski definition) is 0. The van der Waals surface area contributed by atoms with Crippen molar-refractivity contribution in [2.75, 3.05) is 0 Å². The van der Waals surface area contributed by atoms with Crippen LogP contribution in [0, 0.1) is 5.92 Å². The standard InChI is InChI=1S/C6H11O2Si/c1-3-5(4-2)6(7)8-9/h5H,3-4H2,1-2H3. The Morgan fingerprint density at radius 3 is 2.11 bits per heavy atom. The van der Waals surface area contributed by atoms with Gasteiger partial charge in [0.15, 0.2) is 0 Å². The van der Waals surface area contributed by atoms with E-state index < -0.39 is 0 Å². The van der Waals surface area contributed by atoms with Gasteiger partial charge in [0.25, 0.3) is 5.97 Å². The third-order valence-electron chi connectivity index (χ3n) is 1.42. The maximum atomic E-state index is 10.7. The van der Waals surface area contributed by atoms with Gasteiger partial charge < -0.3 is 4.43 Å². The van der Waals surface area contributed by atoms with Gasteiger partial charge >= 0.3 is 10.5 Å². The highest BCUT2D eigenvalue weighted by Gasteiger charge is 2.12. The van der Waals surface area contributed by atoms with Crippen LogP contribution in [0.15, 0.2) is 0 Å². The van der Waals surface area contributed by atoms with Crippen LogP contribution in [-0.4, -0.2) is 16.5 Å². The predicted octanol–water partition coefficient (Wildman–Crippen LogP) is 1.05. The Morgan fingerprint density at radius 2 is 2.00 bits per heavy atom. The summed E-state index contributed by atoms with van der Waals surface area (Å²) < 4.78 is 4.36. The lowest BCUT2D eigenvalue weighted by molar-refractivity contribution is -0.138. The number of carbonyl (C=O) groups excluding carboxylic acids is 1. The first-order chi connectivity index (χ1) is 4.26. The molecular formula is C6H11O2Si. The molecule has 0 aromatic carbocycles. The Hall–Kier alpha value is -0.313. The van der Waals surface area contributed by atoms with Crippen molar-refractivity contribution < 1.29 is 9.22 Å². The van der Waals surface area contributed by atoms with Crippen molar-refractivity contribution in [1.29, 1.82) is 0 Å². The summed E-state index contributed by atoms with van der Waals surface area (Å²) in [6.07, 6.45) is 1.69. The SMILES string of the molecule is CCC(CC)C(=O)O[Si]. The van der Waals surface area contributed by atoms with E-state index in [1.807, 2.05) is 13.8 Å². The van der Waals surface area contributed by atoms with Gasteiger partial charge in [0, 0.05) is 0 Å². The molecule has 0 amide bonds. The van der Waals surface area contributed by atoms with Crippen LogP contribution in [0.3, 0.4) is 0 Å². The van der Waals surface area contributed by atoms with E-state index in [9.17, 15) is 4.79 Å². The monoisotopic (exact) mass is 143 g/mol. The molecule has 0 aromatic heterocycles. The summed E-state index contributed by atoms with van der Waals surface area (Å²) in [4.78, 5) is 10.7. The summed E-state index contributed by atoms with van der Waals surface area (Å²) in [5.74, 6) is -0.112. The molecule has 0 saturated heterocycles. The van der Waals surface area contributed by atoms with Gasteiger partial charge in [0.2, 0.25) is 0 Å². The highest BCUT2D eigenvalue weighted by molar-refractivity contribution is 6.05. The van der Waals surface area contributed by atoms with Gasteiger partial charge in [-0.3, -0.25) is 4.79 Å². The molecule has 0 spiro atoms. The van der Waals surface area contributed by atoms with Crippen LogP contribution in [0.1, 0.15) is 26.7 Å². The Balaban J connectivity index is 3.64. The Kier molecular flexibility index (Phi) is 4.40. The van der Waals surface area contributed by atoms with Crippen molar-refractivity contribution in [2.45, 2.75) is 26.7 Å². The summed E-state index contributed by atoms with van der Waals surface area (Å²) >= 11 is 0. The zero-order valence-corrected chi connectivity index (χ0v) is 6.81. The average molecular weight is 143 g/mol. The van der Waals surface area contributed by atoms with Gasteiger partial charge in [-0.2, -0.15) is 0 Å². The molecule has 0 unspecified atom stereocenters. The molecule has 0 saturated carbocycles. The van der Waals surface area contributed by atoms with Crippen molar-refractivity contribution in [3.8, 4) is 0 Å². The topological polar surface area (TPSA) is 26.3 Å². The summed E-state index contributed by atoms with van der Waals surface area (Å²) in [7, 11) is 2.69. The smallest absolute Gasteiger partial charge is 0.345 e. The molecule has 0 aliphatic heterocycles. The fourth-order valence-corrected chi connectivity index (χ4v) is 0.872. The van der Waals surface area contributed by atoms with E-state index in [1.54, 1.807) is 0 Å². The van der Waals surface area contributed by atoms with E-state index in [-0.39, 0.29) is 11.9 Å². The molecule has 0 fully saturated rings. The van der Waals surface area contributed by atoms with Gasteiger partial charge in [-0.05, 0) is 12.8 Å². The second-order valence-corrected chi connectivity index (χ2v) is 2.14. The largest absolute Gasteiger partial charge is 0.516 e. The Morgan fingerprint density at radius 1 is 1.56 bits per heavy atom. The third-order valence-corrected chi connectivity index (χ3v) is 1.62. The molecule has 51 valence electrons. The lowest BCUT2D eigenvalue weighted by atomic mass is 10.0. The van der Waals surface area contributed by atoms with Gasteiger partial charge in [0.05, 0.1) is 5.92 Å². The fraction of sp³-hybridized carbons (Fsp3) is 0.833. The van der Waals surface area contributed by atoms with Crippen LogP contribution in [0.25, 0.3) is 0 Å². The third kappa shape index (κ3) is 2.65. The Bertz CT molecular complexity index is 89.1.